The van der Waals surface area contributed by atoms with E-state index in [9.17, 15) is 28.6 Å². The van der Waals surface area contributed by atoms with Crippen LogP contribution in [0.4, 0.5) is 0 Å². The van der Waals surface area contributed by atoms with Gasteiger partial charge < -0.3 is 28.3 Å². The summed E-state index contributed by atoms with van der Waals surface area (Å²) in [4.78, 5) is 59.6. The fraction of sp³-hybridized carbons (Fsp3) is 0.917. The molecule has 386 valence electrons. The Morgan fingerprint density at radius 2 is 0.848 bits per heavy atom. The topological polar surface area (TPSA) is 161 Å². The number of ether oxygens (including phenoxy) is 4. The molecule has 0 aromatic carbocycles. The molecule has 2 rings (SSSR count). The van der Waals surface area contributed by atoms with E-state index in [-0.39, 0.29) is 38.0 Å². The lowest BCUT2D eigenvalue weighted by Gasteiger charge is -2.24. The Kier molecular flexibility index (Phi) is 37.3. The zero-order valence-electron chi connectivity index (χ0n) is 41.1. The number of esters is 4. The van der Waals surface area contributed by atoms with Gasteiger partial charge in [-0.2, -0.15) is 0 Å². The quantitative estimate of drug-likeness (QED) is 0.0153. The fourth-order valence-electron chi connectivity index (χ4n) is 7.41. The number of phosphoric ester groups is 1. The lowest BCUT2D eigenvalue weighted by molar-refractivity contribution is -0.870. The van der Waals surface area contributed by atoms with Crippen molar-refractivity contribution in [2.24, 2.45) is 11.8 Å². The summed E-state index contributed by atoms with van der Waals surface area (Å²) in [6.45, 7) is 0.800. The van der Waals surface area contributed by atoms with Crippen molar-refractivity contribution in [3.8, 4) is 0 Å². The molecule has 0 spiro atoms. The van der Waals surface area contributed by atoms with Gasteiger partial charge >= 0.3 is 31.7 Å². The van der Waals surface area contributed by atoms with Gasteiger partial charge in [-0.25, -0.2) is 4.57 Å². The van der Waals surface area contributed by atoms with Crippen LogP contribution in [0.3, 0.4) is 0 Å². The van der Waals surface area contributed by atoms with E-state index in [0.29, 0.717) is 49.9 Å². The van der Waals surface area contributed by atoms with E-state index in [2.05, 4.69) is 0 Å². The molecule has 18 heteroatoms. The maximum absolute atomic E-state index is 12.8. The summed E-state index contributed by atoms with van der Waals surface area (Å²) in [5.41, 5.74) is 0. The fourth-order valence-corrected chi connectivity index (χ4v) is 14.2. The minimum Gasteiger partial charge on any atom is -0.466 e. The molecule has 2 atom stereocenters. The summed E-state index contributed by atoms with van der Waals surface area (Å²) < 4.78 is 45.2. The van der Waals surface area contributed by atoms with Crippen molar-refractivity contribution in [2.75, 3.05) is 83.7 Å². The number of carbonyl (C=O) groups is 4. The van der Waals surface area contributed by atoms with Gasteiger partial charge in [0.15, 0.2) is 6.10 Å². The SMILES string of the molecule is C[N+](C)(C)CCOP(=O)(O)OCC(COC(=O)CCCCCCCCCCCOC(=O)CCCCC1CSSC1)OC(=O)CCCCCCCCCCCOC(=O)CCCCC1CSSC1. The normalized spacial score (nSPS) is 16.0. The molecule has 0 bridgehead atoms. The highest BCUT2D eigenvalue weighted by molar-refractivity contribution is 8.77. The van der Waals surface area contributed by atoms with Crippen molar-refractivity contribution in [2.45, 2.75) is 186 Å². The van der Waals surface area contributed by atoms with Gasteiger partial charge in [-0.1, -0.05) is 146 Å². The Labute approximate surface area is 415 Å². The van der Waals surface area contributed by atoms with Crippen molar-refractivity contribution in [1.82, 2.24) is 0 Å². The second kappa shape index (κ2) is 40.0. The van der Waals surface area contributed by atoms with Crippen LogP contribution in [-0.4, -0.2) is 123 Å². The predicted octanol–water partition coefficient (Wildman–Crippen LogP) is 12.3. The highest BCUT2D eigenvalue weighted by Crippen LogP contribution is 2.43. The minimum absolute atomic E-state index is 0.00522. The summed E-state index contributed by atoms with van der Waals surface area (Å²) in [5, 5.41) is 0. The number of hydrogen-bond acceptors (Lipinski definition) is 15. The first kappa shape index (κ1) is 61.5. The second-order valence-electron chi connectivity index (χ2n) is 19.1. The van der Waals surface area contributed by atoms with Gasteiger partial charge in [0.25, 0.3) is 0 Å². The molecule has 1 N–H and O–H groups in total. The molecule has 0 amide bonds. The largest absolute Gasteiger partial charge is 0.472 e. The van der Waals surface area contributed by atoms with Gasteiger partial charge in [0.1, 0.15) is 19.8 Å². The van der Waals surface area contributed by atoms with Crippen LogP contribution < -0.4 is 0 Å². The summed E-state index contributed by atoms with van der Waals surface area (Å²) in [5.74, 6) is 5.58. The number of unbranched alkanes of at least 4 members (excludes halogenated alkanes) is 18. The third kappa shape index (κ3) is 38.1. The molecule has 2 aliphatic heterocycles. The van der Waals surface area contributed by atoms with Crippen LogP contribution in [0.25, 0.3) is 0 Å². The maximum Gasteiger partial charge on any atom is 0.472 e. The average molecular weight is 1030 g/mol. The van der Waals surface area contributed by atoms with E-state index in [1.807, 2.05) is 64.3 Å². The van der Waals surface area contributed by atoms with Crippen molar-refractivity contribution in [1.29, 1.82) is 0 Å². The zero-order chi connectivity index (χ0) is 48.0. The highest BCUT2D eigenvalue weighted by Gasteiger charge is 2.27. The second-order valence-corrected chi connectivity index (χ2v) is 25.6. The summed E-state index contributed by atoms with van der Waals surface area (Å²) >= 11 is 0. The Morgan fingerprint density at radius 1 is 0.485 bits per heavy atom. The number of likely N-dealkylation sites (N-methyl/N-ethyl adjacent to an activating group) is 1. The Bertz CT molecular complexity index is 1320. The molecule has 2 aliphatic rings. The first-order chi connectivity index (χ1) is 31.8. The van der Waals surface area contributed by atoms with Crippen molar-refractivity contribution in [3.63, 3.8) is 0 Å². The molecule has 66 heavy (non-hydrogen) atoms. The molecule has 0 aromatic heterocycles. The van der Waals surface area contributed by atoms with Crippen molar-refractivity contribution >= 4 is 74.9 Å². The molecule has 0 aromatic rings. The number of carbonyl (C=O) groups excluding carboxylic acids is 4. The first-order valence-electron chi connectivity index (χ1n) is 25.4. The van der Waals surface area contributed by atoms with E-state index >= 15 is 0 Å². The zero-order valence-corrected chi connectivity index (χ0v) is 45.2. The summed E-state index contributed by atoms with van der Waals surface area (Å²) in [6.07, 6.45) is 24.9. The van der Waals surface area contributed by atoms with Crippen LogP contribution in [0.5, 0.6) is 0 Å². The number of phosphoric acid groups is 1. The van der Waals surface area contributed by atoms with Crippen LogP contribution in [0.1, 0.15) is 180 Å². The van der Waals surface area contributed by atoms with Gasteiger partial charge in [0, 0.05) is 48.7 Å². The molecular formula is C48H89NO12PS4+. The van der Waals surface area contributed by atoms with E-state index in [0.717, 1.165) is 140 Å². The lowest BCUT2D eigenvalue weighted by atomic mass is 10.1. The van der Waals surface area contributed by atoms with E-state index in [1.165, 1.54) is 35.9 Å². The highest BCUT2D eigenvalue weighted by atomic mass is 33.1. The van der Waals surface area contributed by atoms with Gasteiger partial charge in [-0.15, -0.1) is 0 Å². The third-order valence-corrected chi connectivity index (χ3v) is 18.0. The maximum atomic E-state index is 12.8. The Hall–Kier alpha value is -0.650. The molecule has 2 unspecified atom stereocenters. The molecule has 13 nitrogen and oxygen atoms in total. The van der Waals surface area contributed by atoms with Crippen LogP contribution in [0, 0.1) is 11.8 Å². The lowest BCUT2D eigenvalue weighted by Crippen LogP contribution is -2.37. The number of rotatable bonds is 44. The third-order valence-electron chi connectivity index (χ3n) is 11.6. The monoisotopic (exact) mass is 1030 g/mol. The average Bonchev–Trinajstić information content (AvgIpc) is 4.00. The van der Waals surface area contributed by atoms with E-state index < -0.39 is 32.5 Å². The number of hydrogen-bond donors (Lipinski definition) is 1. The number of quaternary nitrogens is 1. The summed E-state index contributed by atoms with van der Waals surface area (Å²) in [7, 11) is 9.23. The smallest absolute Gasteiger partial charge is 0.466 e. The van der Waals surface area contributed by atoms with Crippen molar-refractivity contribution in [3.05, 3.63) is 0 Å². The molecular weight excluding hydrogens is 942 g/mol. The minimum atomic E-state index is -4.42. The molecule has 2 heterocycles. The van der Waals surface area contributed by atoms with Crippen LogP contribution in [0.15, 0.2) is 0 Å². The van der Waals surface area contributed by atoms with Crippen molar-refractivity contribution < 1.29 is 61.1 Å². The van der Waals surface area contributed by atoms with E-state index in [4.69, 9.17) is 28.0 Å². The van der Waals surface area contributed by atoms with Gasteiger partial charge in [-0.3, -0.25) is 28.2 Å². The molecule has 0 aliphatic carbocycles. The van der Waals surface area contributed by atoms with E-state index in [1.54, 1.807) is 0 Å². The molecule has 0 radical (unpaired) electrons. The Balaban J connectivity index is 1.50. The van der Waals surface area contributed by atoms with Crippen LogP contribution >= 0.6 is 51.0 Å². The standard InChI is InChI=1S/C48H88NO12PS4/c1-49(2,3)32-35-59-62(54,55)60-37-44(61-48(53)31-19-15-11-7-5-9-13-17-25-34-57-46(51)30-23-21-27-43-40-65-66-41-43)36-58-47(52)28-18-14-10-6-4-8-12-16-24-33-56-45(50)29-22-20-26-42-38-63-64-39-42/h42-44H,4-41H2,1-3H3/p+1. The molecule has 2 fully saturated rings. The molecule has 0 saturated carbocycles. The van der Waals surface area contributed by atoms with Gasteiger partial charge in [0.05, 0.1) is 41.0 Å². The number of nitrogens with zero attached hydrogens (tertiary/aromatic N) is 1. The van der Waals surface area contributed by atoms with Crippen LogP contribution in [-0.2, 0) is 51.7 Å². The van der Waals surface area contributed by atoms with Crippen LogP contribution in [0.2, 0.25) is 0 Å². The Morgan fingerprint density at radius 3 is 1.27 bits per heavy atom. The summed E-state index contributed by atoms with van der Waals surface area (Å²) in [6, 6.07) is 0. The molecule has 2 saturated heterocycles. The van der Waals surface area contributed by atoms with Gasteiger partial charge in [-0.05, 0) is 63.2 Å². The predicted molar refractivity (Wildman–Crippen MR) is 273 cm³/mol. The first-order valence-corrected chi connectivity index (χ1v) is 31.9. The van der Waals surface area contributed by atoms with Gasteiger partial charge in [0.2, 0.25) is 0 Å².